The Hall–Kier alpha value is -1.66. The molecule has 2 rings (SSSR count). The maximum Gasteiger partial charge on any atom is 0.326 e. The van der Waals surface area contributed by atoms with E-state index in [0.717, 1.165) is 10.9 Å². The number of amides is 1. The van der Waals surface area contributed by atoms with Gasteiger partial charge in [-0.1, -0.05) is 11.6 Å². The number of carbonyl (C=O) groups is 2. The quantitative estimate of drug-likeness (QED) is 0.812. The molecular formula is C15H17ClN2O3S. The van der Waals surface area contributed by atoms with Crippen molar-refractivity contribution in [2.75, 3.05) is 12.0 Å². The van der Waals surface area contributed by atoms with Gasteiger partial charge in [0.15, 0.2) is 0 Å². The second-order valence-electron chi connectivity index (χ2n) is 4.89. The van der Waals surface area contributed by atoms with Gasteiger partial charge in [0.2, 0.25) is 5.91 Å². The van der Waals surface area contributed by atoms with E-state index in [4.69, 9.17) is 16.7 Å². The van der Waals surface area contributed by atoms with Crippen LogP contribution in [0.15, 0.2) is 30.5 Å². The van der Waals surface area contributed by atoms with Crippen molar-refractivity contribution in [3.8, 4) is 0 Å². The maximum absolute atomic E-state index is 12.1. The third-order valence-electron chi connectivity index (χ3n) is 3.29. The van der Waals surface area contributed by atoms with Gasteiger partial charge in [0.25, 0.3) is 0 Å². The van der Waals surface area contributed by atoms with E-state index >= 15 is 0 Å². The summed E-state index contributed by atoms with van der Waals surface area (Å²) in [7, 11) is 0. The number of aliphatic carboxylic acids is 1. The van der Waals surface area contributed by atoms with E-state index in [2.05, 4.69) is 5.32 Å². The molecule has 0 unspecified atom stereocenters. The molecule has 7 heteroatoms. The van der Waals surface area contributed by atoms with Crippen LogP contribution >= 0.6 is 23.4 Å². The standard InChI is InChI=1S/C15H17ClN2O3S/c1-22-7-5-12(15(20)21)17-14(19)9-18-6-4-10-8-11(16)2-3-13(10)18/h2-4,6,8,12H,5,7,9H2,1H3,(H,17,19)(H,20,21)/t12-/m0/s1. The molecule has 5 nitrogen and oxygen atoms in total. The number of hydrogen-bond acceptors (Lipinski definition) is 3. The van der Waals surface area contributed by atoms with Gasteiger partial charge >= 0.3 is 5.97 Å². The first-order valence-electron chi connectivity index (χ1n) is 6.76. The van der Waals surface area contributed by atoms with E-state index < -0.39 is 12.0 Å². The number of aromatic nitrogens is 1. The van der Waals surface area contributed by atoms with Crippen LogP contribution in [0.1, 0.15) is 6.42 Å². The van der Waals surface area contributed by atoms with Crippen LogP contribution in [0.5, 0.6) is 0 Å². The number of thioether (sulfide) groups is 1. The molecule has 1 atom stereocenters. The van der Waals surface area contributed by atoms with E-state index in [-0.39, 0.29) is 12.5 Å². The molecule has 1 aromatic heterocycles. The minimum atomic E-state index is -1.01. The zero-order valence-electron chi connectivity index (χ0n) is 12.1. The minimum Gasteiger partial charge on any atom is -0.480 e. The monoisotopic (exact) mass is 340 g/mol. The van der Waals surface area contributed by atoms with Crippen LogP contribution < -0.4 is 5.32 Å². The summed E-state index contributed by atoms with van der Waals surface area (Å²) in [6, 6.07) is 6.45. The third kappa shape index (κ3) is 4.18. The van der Waals surface area contributed by atoms with E-state index in [1.54, 1.807) is 28.6 Å². The van der Waals surface area contributed by atoms with Gasteiger partial charge in [-0.25, -0.2) is 4.79 Å². The molecule has 0 aliphatic heterocycles. The molecule has 1 amide bonds. The highest BCUT2D eigenvalue weighted by Crippen LogP contribution is 2.20. The molecule has 0 aliphatic carbocycles. The fraction of sp³-hybridized carbons (Fsp3) is 0.333. The van der Waals surface area contributed by atoms with Crippen molar-refractivity contribution < 1.29 is 14.7 Å². The summed E-state index contributed by atoms with van der Waals surface area (Å²) in [6.07, 6.45) is 4.10. The zero-order valence-corrected chi connectivity index (χ0v) is 13.7. The van der Waals surface area contributed by atoms with Gasteiger partial charge in [0.05, 0.1) is 0 Å². The molecule has 0 spiro atoms. The van der Waals surface area contributed by atoms with Gasteiger partial charge in [0.1, 0.15) is 12.6 Å². The van der Waals surface area contributed by atoms with Gasteiger partial charge in [-0.3, -0.25) is 4.79 Å². The van der Waals surface area contributed by atoms with Gasteiger partial charge in [-0.15, -0.1) is 0 Å². The Labute approximate surface area is 137 Å². The van der Waals surface area contributed by atoms with Crippen molar-refractivity contribution >= 4 is 46.1 Å². The molecule has 0 saturated carbocycles. The number of nitrogens with zero attached hydrogens (tertiary/aromatic N) is 1. The summed E-state index contributed by atoms with van der Waals surface area (Å²) < 4.78 is 1.77. The Balaban J connectivity index is 2.05. The summed E-state index contributed by atoms with van der Waals surface area (Å²) in [5, 5.41) is 13.3. The van der Waals surface area contributed by atoms with Gasteiger partial charge < -0.3 is 15.0 Å². The zero-order chi connectivity index (χ0) is 16.1. The number of halogens is 1. The largest absolute Gasteiger partial charge is 0.480 e. The number of carbonyl (C=O) groups excluding carboxylic acids is 1. The first-order valence-corrected chi connectivity index (χ1v) is 8.54. The summed E-state index contributed by atoms with van der Waals surface area (Å²) in [5.41, 5.74) is 0.885. The number of carboxylic acids is 1. The van der Waals surface area contributed by atoms with E-state index in [0.29, 0.717) is 17.2 Å². The van der Waals surface area contributed by atoms with Crippen LogP contribution in [0.3, 0.4) is 0 Å². The molecule has 0 saturated heterocycles. The smallest absolute Gasteiger partial charge is 0.326 e. The normalized spacial score (nSPS) is 12.3. The second-order valence-corrected chi connectivity index (χ2v) is 6.31. The topological polar surface area (TPSA) is 71.3 Å². The first kappa shape index (κ1) is 16.7. The molecule has 1 heterocycles. The maximum atomic E-state index is 12.1. The van der Waals surface area contributed by atoms with Crippen molar-refractivity contribution in [1.29, 1.82) is 0 Å². The lowest BCUT2D eigenvalue weighted by Crippen LogP contribution is -2.42. The highest BCUT2D eigenvalue weighted by Gasteiger charge is 2.19. The molecule has 2 aromatic rings. The van der Waals surface area contributed by atoms with Crippen molar-refractivity contribution in [3.63, 3.8) is 0 Å². The lowest BCUT2D eigenvalue weighted by atomic mass is 10.2. The molecule has 0 bridgehead atoms. The minimum absolute atomic E-state index is 0.0776. The molecular weight excluding hydrogens is 324 g/mol. The molecule has 2 N–H and O–H groups in total. The second kappa shape index (κ2) is 7.56. The lowest BCUT2D eigenvalue weighted by molar-refractivity contribution is -0.141. The molecule has 1 aromatic carbocycles. The van der Waals surface area contributed by atoms with E-state index in [1.165, 1.54) is 0 Å². The SMILES string of the molecule is CSCC[C@H](NC(=O)Cn1ccc2cc(Cl)ccc21)C(=O)O. The van der Waals surface area contributed by atoms with Crippen LogP contribution in [0, 0.1) is 0 Å². The number of carboxylic acid groups (broad SMARTS) is 1. The van der Waals surface area contributed by atoms with Gasteiger partial charge in [-0.05, 0) is 42.7 Å². The van der Waals surface area contributed by atoms with Crippen molar-refractivity contribution in [2.24, 2.45) is 0 Å². The third-order valence-corrected chi connectivity index (χ3v) is 4.17. The summed E-state index contributed by atoms with van der Waals surface area (Å²) in [4.78, 5) is 23.2. The van der Waals surface area contributed by atoms with Crippen LogP contribution in [0.2, 0.25) is 5.02 Å². The molecule has 22 heavy (non-hydrogen) atoms. The number of fused-ring (bicyclic) bond motifs is 1. The van der Waals surface area contributed by atoms with Gasteiger partial charge in [0, 0.05) is 22.1 Å². The number of rotatable bonds is 7. The Kier molecular flexibility index (Phi) is 5.74. The van der Waals surface area contributed by atoms with Crippen molar-refractivity contribution in [1.82, 2.24) is 9.88 Å². The molecule has 118 valence electrons. The molecule has 0 radical (unpaired) electrons. The number of nitrogens with one attached hydrogen (secondary N) is 1. The van der Waals surface area contributed by atoms with E-state index in [9.17, 15) is 9.59 Å². The fourth-order valence-electron chi connectivity index (χ4n) is 2.20. The number of benzene rings is 1. The summed E-state index contributed by atoms with van der Waals surface area (Å²) in [6.45, 7) is 0.0776. The Morgan fingerprint density at radius 1 is 1.41 bits per heavy atom. The van der Waals surface area contributed by atoms with Crippen LogP contribution in [0.25, 0.3) is 10.9 Å². The first-order chi connectivity index (χ1) is 10.5. The molecule has 0 fully saturated rings. The Morgan fingerprint density at radius 2 is 2.18 bits per heavy atom. The molecule has 0 aliphatic rings. The fourth-order valence-corrected chi connectivity index (χ4v) is 2.85. The predicted octanol–water partition coefficient (Wildman–Crippen LogP) is 2.62. The van der Waals surface area contributed by atoms with Crippen molar-refractivity contribution in [3.05, 3.63) is 35.5 Å². The average molecular weight is 341 g/mol. The predicted molar refractivity (Wildman–Crippen MR) is 89.5 cm³/mol. The van der Waals surface area contributed by atoms with Gasteiger partial charge in [-0.2, -0.15) is 11.8 Å². The average Bonchev–Trinajstić information content (AvgIpc) is 2.85. The summed E-state index contributed by atoms with van der Waals surface area (Å²) in [5.74, 6) is -0.644. The highest BCUT2D eigenvalue weighted by molar-refractivity contribution is 7.98. The number of hydrogen-bond donors (Lipinski definition) is 2. The lowest BCUT2D eigenvalue weighted by Gasteiger charge is -2.14. The van der Waals surface area contributed by atoms with Crippen LogP contribution in [-0.2, 0) is 16.1 Å². The van der Waals surface area contributed by atoms with Crippen molar-refractivity contribution in [2.45, 2.75) is 19.0 Å². The Bertz CT molecular complexity index is 686. The Morgan fingerprint density at radius 3 is 2.86 bits per heavy atom. The summed E-state index contributed by atoms with van der Waals surface area (Å²) >= 11 is 7.48. The highest BCUT2D eigenvalue weighted by atomic mass is 35.5. The van der Waals surface area contributed by atoms with Crippen LogP contribution in [-0.4, -0.2) is 39.6 Å². The van der Waals surface area contributed by atoms with Crippen LogP contribution in [0.4, 0.5) is 0 Å². The van der Waals surface area contributed by atoms with E-state index in [1.807, 2.05) is 24.5 Å².